The number of ether oxygens (including phenoxy) is 2. The second kappa shape index (κ2) is 5.78. The van der Waals surface area contributed by atoms with Gasteiger partial charge in [-0.25, -0.2) is 4.79 Å². The average Bonchev–Trinajstić information content (AvgIpc) is 2.38. The maximum atomic E-state index is 11.2. The van der Waals surface area contributed by atoms with E-state index >= 15 is 0 Å². The Kier molecular flexibility index (Phi) is 4.10. The van der Waals surface area contributed by atoms with Crippen LogP contribution in [0.4, 0.5) is 0 Å². The summed E-state index contributed by atoms with van der Waals surface area (Å²) in [4.78, 5) is 11.2. The third kappa shape index (κ3) is 2.72. The summed E-state index contributed by atoms with van der Waals surface area (Å²) in [6.07, 6.45) is 5.12. The SMILES string of the molecule is COc1ccc2c(c1OC)C=C(C(=O)O)CCCC2. The number of carbonyl (C=O) groups is 1. The van der Waals surface area contributed by atoms with Gasteiger partial charge in [-0.3, -0.25) is 0 Å². The maximum Gasteiger partial charge on any atom is 0.331 e. The van der Waals surface area contributed by atoms with Crippen molar-refractivity contribution >= 4 is 12.0 Å². The van der Waals surface area contributed by atoms with Crippen molar-refractivity contribution in [2.45, 2.75) is 25.7 Å². The molecule has 0 heterocycles. The lowest BCUT2D eigenvalue weighted by molar-refractivity contribution is -0.132. The number of rotatable bonds is 3. The van der Waals surface area contributed by atoms with Crippen molar-refractivity contribution in [2.24, 2.45) is 0 Å². The van der Waals surface area contributed by atoms with Gasteiger partial charge in [0.05, 0.1) is 14.2 Å². The van der Waals surface area contributed by atoms with Crippen LogP contribution in [0.1, 0.15) is 30.4 Å². The van der Waals surface area contributed by atoms with Gasteiger partial charge in [-0.15, -0.1) is 0 Å². The summed E-state index contributed by atoms with van der Waals surface area (Å²) in [5.74, 6) is 0.376. The predicted molar refractivity (Wildman–Crippen MR) is 72.7 cm³/mol. The normalized spacial score (nSPS) is 14.7. The van der Waals surface area contributed by atoms with Gasteiger partial charge in [-0.1, -0.05) is 6.07 Å². The van der Waals surface area contributed by atoms with E-state index in [1.807, 2.05) is 12.1 Å². The molecule has 1 aromatic carbocycles. The van der Waals surface area contributed by atoms with E-state index in [0.717, 1.165) is 30.4 Å². The zero-order chi connectivity index (χ0) is 13.8. The standard InChI is InChI=1S/C15H18O4/c1-18-13-8-7-10-5-3-4-6-11(15(16)17)9-12(10)14(13)19-2/h7-9H,3-6H2,1-2H3,(H,16,17). The molecule has 1 N–H and O–H groups in total. The smallest absolute Gasteiger partial charge is 0.331 e. The van der Waals surface area contributed by atoms with E-state index in [0.29, 0.717) is 23.5 Å². The lowest BCUT2D eigenvalue weighted by Crippen LogP contribution is -2.06. The number of carboxylic acids is 1. The summed E-state index contributed by atoms with van der Waals surface area (Å²) >= 11 is 0. The van der Waals surface area contributed by atoms with Crippen molar-refractivity contribution in [1.82, 2.24) is 0 Å². The summed E-state index contributed by atoms with van der Waals surface area (Å²) in [5.41, 5.74) is 2.36. The third-order valence-electron chi connectivity index (χ3n) is 3.41. The van der Waals surface area contributed by atoms with Crippen LogP contribution in [0.3, 0.4) is 0 Å². The van der Waals surface area contributed by atoms with Crippen LogP contribution in [-0.4, -0.2) is 25.3 Å². The molecule has 0 aliphatic heterocycles. The molecule has 0 bridgehead atoms. The number of benzene rings is 1. The van der Waals surface area contributed by atoms with Crippen molar-refractivity contribution < 1.29 is 19.4 Å². The van der Waals surface area contributed by atoms with Crippen LogP contribution in [0.2, 0.25) is 0 Å². The van der Waals surface area contributed by atoms with Gasteiger partial charge in [0.2, 0.25) is 0 Å². The molecular weight excluding hydrogens is 244 g/mol. The molecule has 0 atom stereocenters. The molecule has 4 nitrogen and oxygen atoms in total. The molecule has 102 valence electrons. The van der Waals surface area contributed by atoms with Crippen molar-refractivity contribution in [1.29, 1.82) is 0 Å². The van der Waals surface area contributed by atoms with Gasteiger partial charge < -0.3 is 14.6 Å². The second-order valence-electron chi connectivity index (χ2n) is 4.56. The van der Waals surface area contributed by atoms with E-state index in [4.69, 9.17) is 9.47 Å². The minimum Gasteiger partial charge on any atom is -0.493 e. The summed E-state index contributed by atoms with van der Waals surface area (Å²) in [5, 5.41) is 9.23. The minimum absolute atomic E-state index is 0.424. The Bertz CT molecular complexity index is 517. The highest BCUT2D eigenvalue weighted by molar-refractivity contribution is 5.93. The number of carboxylic acid groups (broad SMARTS) is 1. The summed E-state index contributed by atoms with van der Waals surface area (Å²) in [6, 6.07) is 3.85. The van der Waals surface area contributed by atoms with Gasteiger partial charge in [0.25, 0.3) is 0 Å². The maximum absolute atomic E-state index is 11.2. The van der Waals surface area contributed by atoms with E-state index in [1.165, 1.54) is 0 Å². The number of hydrogen-bond acceptors (Lipinski definition) is 3. The molecule has 19 heavy (non-hydrogen) atoms. The Balaban J connectivity index is 2.61. The average molecular weight is 262 g/mol. The molecule has 0 amide bonds. The molecule has 1 aromatic rings. The van der Waals surface area contributed by atoms with E-state index < -0.39 is 5.97 Å². The van der Waals surface area contributed by atoms with Crippen LogP contribution in [0, 0.1) is 0 Å². The van der Waals surface area contributed by atoms with Crippen molar-refractivity contribution in [3.63, 3.8) is 0 Å². The second-order valence-corrected chi connectivity index (χ2v) is 4.56. The van der Waals surface area contributed by atoms with Gasteiger partial charge in [-0.05, 0) is 43.4 Å². The van der Waals surface area contributed by atoms with Crippen LogP contribution < -0.4 is 9.47 Å². The van der Waals surface area contributed by atoms with Crippen LogP contribution in [0.15, 0.2) is 17.7 Å². The van der Waals surface area contributed by atoms with Gasteiger partial charge in [0.15, 0.2) is 11.5 Å². The quantitative estimate of drug-likeness (QED) is 0.910. The number of aryl methyl sites for hydroxylation is 1. The highest BCUT2D eigenvalue weighted by Gasteiger charge is 2.18. The largest absolute Gasteiger partial charge is 0.493 e. The van der Waals surface area contributed by atoms with Gasteiger partial charge in [-0.2, -0.15) is 0 Å². The molecule has 0 radical (unpaired) electrons. The number of methoxy groups -OCH3 is 2. The number of fused-ring (bicyclic) bond motifs is 1. The zero-order valence-corrected chi connectivity index (χ0v) is 11.2. The van der Waals surface area contributed by atoms with Crippen LogP contribution >= 0.6 is 0 Å². The molecule has 0 aromatic heterocycles. The van der Waals surface area contributed by atoms with Crippen molar-refractivity contribution in [3.8, 4) is 11.5 Å². The van der Waals surface area contributed by atoms with E-state index in [-0.39, 0.29) is 0 Å². The lowest BCUT2D eigenvalue weighted by atomic mass is 9.93. The van der Waals surface area contributed by atoms with Crippen molar-refractivity contribution in [2.75, 3.05) is 14.2 Å². The first-order valence-corrected chi connectivity index (χ1v) is 6.35. The first-order valence-electron chi connectivity index (χ1n) is 6.35. The minimum atomic E-state index is -0.863. The monoisotopic (exact) mass is 262 g/mol. The third-order valence-corrected chi connectivity index (χ3v) is 3.41. The molecule has 0 unspecified atom stereocenters. The zero-order valence-electron chi connectivity index (χ0n) is 11.2. The topological polar surface area (TPSA) is 55.8 Å². The van der Waals surface area contributed by atoms with Gasteiger partial charge in [0.1, 0.15) is 0 Å². The molecule has 1 aliphatic carbocycles. The fourth-order valence-corrected chi connectivity index (χ4v) is 2.41. The lowest BCUT2D eigenvalue weighted by Gasteiger charge is -2.17. The fourth-order valence-electron chi connectivity index (χ4n) is 2.41. The molecule has 1 aliphatic rings. The highest BCUT2D eigenvalue weighted by Crippen LogP contribution is 2.37. The van der Waals surface area contributed by atoms with Gasteiger partial charge in [0, 0.05) is 11.1 Å². The number of hydrogen-bond donors (Lipinski definition) is 1. The van der Waals surface area contributed by atoms with Crippen LogP contribution in [0.5, 0.6) is 11.5 Å². The molecule has 0 spiro atoms. The summed E-state index contributed by atoms with van der Waals surface area (Å²) in [6.45, 7) is 0. The van der Waals surface area contributed by atoms with Gasteiger partial charge >= 0.3 is 5.97 Å². The fraction of sp³-hybridized carbons (Fsp3) is 0.400. The Morgan fingerprint density at radius 1 is 1.16 bits per heavy atom. The molecule has 0 fully saturated rings. The molecule has 0 saturated carbocycles. The van der Waals surface area contributed by atoms with E-state index in [1.54, 1.807) is 20.3 Å². The molecule has 2 rings (SSSR count). The Morgan fingerprint density at radius 2 is 1.89 bits per heavy atom. The van der Waals surface area contributed by atoms with E-state index in [9.17, 15) is 9.90 Å². The Labute approximate surface area is 112 Å². The summed E-state index contributed by atoms with van der Waals surface area (Å²) in [7, 11) is 3.15. The summed E-state index contributed by atoms with van der Waals surface area (Å²) < 4.78 is 10.7. The van der Waals surface area contributed by atoms with E-state index in [2.05, 4.69) is 0 Å². The van der Waals surface area contributed by atoms with Crippen LogP contribution in [-0.2, 0) is 11.2 Å². The van der Waals surface area contributed by atoms with Crippen LogP contribution in [0.25, 0.3) is 6.08 Å². The molecular formula is C15H18O4. The molecule has 0 saturated heterocycles. The first-order chi connectivity index (χ1) is 9.17. The molecule has 4 heteroatoms. The Morgan fingerprint density at radius 3 is 2.53 bits per heavy atom. The van der Waals surface area contributed by atoms with Crippen molar-refractivity contribution in [3.05, 3.63) is 28.8 Å². The number of aliphatic carboxylic acids is 1. The first kappa shape index (κ1) is 13.5. The highest BCUT2D eigenvalue weighted by atomic mass is 16.5. The Hall–Kier alpha value is -1.97. The predicted octanol–water partition coefficient (Wildman–Crippen LogP) is 2.90.